The van der Waals surface area contributed by atoms with Crippen LogP contribution in [0.15, 0.2) is 0 Å². The molecule has 2 aliphatic carbocycles. The Hall–Kier alpha value is -0.0800. The van der Waals surface area contributed by atoms with E-state index in [1.54, 1.807) is 0 Å². The highest BCUT2D eigenvalue weighted by molar-refractivity contribution is 4.90. The molecule has 3 aliphatic rings. The second-order valence-electron chi connectivity index (χ2n) is 6.12. The first kappa shape index (κ1) is 11.0. The van der Waals surface area contributed by atoms with E-state index < -0.39 is 0 Å². The highest BCUT2D eigenvalue weighted by Crippen LogP contribution is 2.31. The van der Waals surface area contributed by atoms with Crippen molar-refractivity contribution in [2.24, 2.45) is 5.92 Å². The van der Waals surface area contributed by atoms with Crippen LogP contribution >= 0.6 is 0 Å². The maximum Gasteiger partial charge on any atom is 0.00965 e. The van der Waals surface area contributed by atoms with Crippen LogP contribution in [0.4, 0.5) is 0 Å². The van der Waals surface area contributed by atoms with E-state index in [2.05, 4.69) is 10.2 Å². The fourth-order valence-corrected chi connectivity index (χ4v) is 3.44. The van der Waals surface area contributed by atoms with Crippen LogP contribution in [0.3, 0.4) is 0 Å². The Bertz CT molecular complexity index is 219. The van der Waals surface area contributed by atoms with E-state index in [4.69, 9.17) is 0 Å². The summed E-state index contributed by atoms with van der Waals surface area (Å²) in [5.41, 5.74) is 0. The van der Waals surface area contributed by atoms with E-state index >= 15 is 0 Å². The zero-order valence-corrected chi connectivity index (χ0v) is 10.5. The molecule has 0 aromatic rings. The van der Waals surface area contributed by atoms with Crippen molar-refractivity contribution in [2.45, 2.75) is 63.5 Å². The fourth-order valence-electron chi connectivity index (χ4n) is 3.44. The quantitative estimate of drug-likeness (QED) is 0.786. The number of likely N-dealkylation sites (tertiary alicyclic amines) is 1. The maximum absolute atomic E-state index is 3.82. The van der Waals surface area contributed by atoms with Gasteiger partial charge >= 0.3 is 0 Å². The molecule has 2 heteroatoms. The van der Waals surface area contributed by atoms with E-state index in [0.717, 1.165) is 18.0 Å². The molecule has 0 aromatic heterocycles. The molecule has 0 amide bonds. The Morgan fingerprint density at radius 1 is 0.938 bits per heavy atom. The molecule has 1 N–H and O–H groups in total. The van der Waals surface area contributed by atoms with Crippen LogP contribution in [-0.4, -0.2) is 36.6 Å². The van der Waals surface area contributed by atoms with Crippen LogP contribution < -0.4 is 5.32 Å². The minimum Gasteiger partial charge on any atom is -0.314 e. The molecule has 0 radical (unpaired) electrons. The second-order valence-corrected chi connectivity index (χ2v) is 6.12. The van der Waals surface area contributed by atoms with E-state index in [1.165, 1.54) is 71.0 Å². The third-order valence-corrected chi connectivity index (χ3v) is 4.68. The first-order valence-electron chi connectivity index (χ1n) is 7.39. The molecule has 0 bridgehead atoms. The topological polar surface area (TPSA) is 15.3 Å². The molecule has 1 aliphatic heterocycles. The standard InChI is InChI=1S/C14H26N2/c1-2-4-13(5-3-1)15-10-12-8-9-16(11-12)14-6-7-14/h12-15H,1-11H2. The van der Waals surface area contributed by atoms with Crippen molar-refractivity contribution in [3.63, 3.8) is 0 Å². The summed E-state index contributed by atoms with van der Waals surface area (Å²) < 4.78 is 0. The van der Waals surface area contributed by atoms with Crippen molar-refractivity contribution in [3.05, 3.63) is 0 Å². The third-order valence-electron chi connectivity index (χ3n) is 4.68. The Balaban J connectivity index is 1.35. The Morgan fingerprint density at radius 3 is 2.50 bits per heavy atom. The van der Waals surface area contributed by atoms with E-state index in [0.29, 0.717) is 0 Å². The van der Waals surface area contributed by atoms with Crippen LogP contribution in [-0.2, 0) is 0 Å². The molecule has 1 atom stereocenters. The summed E-state index contributed by atoms with van der Waals surface area (Å²) in [6.07, 6.45) is 11.6. The highest BCUT2D eigenvalue weighted by atomic mass is 15.2. The van der Waals surface area contributed by atoms with Crippen LogP contribution in [0, 0.1) is 5.92 Å². The summed E-state index contributed by atoms with van der Waals surface area (Å²) in [6, 6.07) is 1.84. The lowest BCUT2D eigenvalue weighted by Gasteiger charge is -2.24. The van der Waals surface area contributed by atoms with Crippen molar-refractivity contribution in [2.75, 3.05) is 19.6 Å². The summed E-state index contributed by atoms with van der Waals surface area (Å²) in [5, 5.41) is 3.82. The van der Waals surface area contributed by atoms with Gasteiger partial charge in [-0.3, -0.25) is 0 Å². The molecular formula is C14H26N2. The zero-order chi connectivity index (χ0) is 10.8. The summed E-state index contributed by atoms with van der Waals surface area (Å²) in [7, 11) is 0. The Kier molecular flexibility index (Phi) is 3.49. The van der Waals surface area contributed by atoms with Crippen LogP contribution in [0.5, 0.6) is 0 Å². The molecule has 2 saturated carbocycles. The molecule has 16 heavy (non-hydrogen) atoms. The highest BCUT2D eigenvalue weighted by Gasteiger charge is 2.34. The van der Waals surface area contributed by atoms with Crippen molar-refractivity contribution in [1.82, 2.24) is 10.2 Å². The van der Waals surface area contributed by atoms with Gasteiger partial charge < -0.3 is 10.2 Å². The second kappa shape index (κ2) is 5.05. The first-order chi connectivity index (χ1) is 7.92. The number of rotatable bonds is 4. The first-order valence-corrected chi connectivity index (χ1v) is 7.39. The molecule has 3 rings (SSSR count). The van der Waals surface area contributed by atoms with E-state index in [9.17, 15) is 0 Å². The van der Waals surface area contributed by atoms with Gasteiger partial charge in [0, 0.05) is 18.6 Å². The van der Waals surface area contributed by atoms with Gasteiger partial charge in [-0.2, -0.15) is 0 Å². The molecule has 1 saturated heterocycles. The van der Waals surface area contributed by atoms with Gasteiger partial charge in [-0.15, -0.1) is 0 Å². The number of nitrogens with zero attached hydrogens (tertiary/aromatic N) is 1. The Morgan fingerprint density at radius 2 is 1.75 bits per heavy atom. The van der Waals surface area contributed by atoms with Crippen LogP contribution in [0.2, 0.25) is 0 Å². The zero-order valence-electron chi connectivity index (χ0n) is 10.5. The van der Waals surface area contributed by atoms with Crippen LogP contribution in [0.25, 0.3) is 0 Å². The molecular weight excluding hydrogens is 196 g/mol. The lowest BCUT2D eigenvalue weighted by atomic mass is 9.95. The van der Waals surface area contributed by atoms with Crippen molar-refractivity contribution in [1.29, 1.82) is 0 Å². The van der Waals surface area contributed by atoms with E-state index in [-0.39, 0.29) is 0 Å². The smallest absolute Gasteiger partial charge is 0.00965 e. The Labute approximate surface area is 99.8 Å². The summed E-state index contributed by atoms with van der Waals surface area (Å²) in [4.78, 5) is 2.73. The van der Waals surface area contributed by atoms with Gasteiger partial charge in [-0.05, 0) is 51.1 Å². The molecule has 3 fully saturated rings. The van der Waals surface area contributed by atoms with Gasteiger partial charge in [0.2, 0.25) is 0 Å². The summed E-state index contributed by atoms with van der Waals surface area (Å²) in [6.45, 7) is 4.04. The van der Waals surface area contributed by atoms with Crippen LogP contribution in [0.1, 0.15) is 51.4 Å². The average Bonchev–Trinajstić information content (AvgIpc) is 3.08. The minimum atomic E-state index is 0.851. The predicted molar refractivity (Wildman–Crippen MR) is 67.6 cm³/mol. The monoisotopic (exact) mass is 222 g/mol. The normalized spacial score (nSPS) is 33.4. The average molecular weight is 222 g/mol. The van der Waals surface area contributed by atoms with E-state index in [1.807, 2.05) is 0 Å². The molecule has 1 unspecified atom stereocenters. The van der Waals surface area contributed by atoms with Crippen molar-refractivity contribution in [3.8, 4) is 0 Å². The van der Waals surface area contributed by atoms with Gasteiger partial charge in [-0.1, -0.05) is 19.3 Å². The maximum atomic E-state index is 3.82. The fraction of sp³-hybridized carbons (Fsp3) is 1.00. The van der Waals surface area contributed by atoms with Crippen molar-refractivity contribution < 1.29 is 0 Å². The van der Waals surface area contributed by atoms with Gasteiger partial charge in [0.25, 0.3) is 0 Å². The number of hydrogen-bond acceptors (Lipinski definition) is 2. The molecule has 2 nitrogen and oxygen atoms in total. The molecule has 92 valence electrons. The summed E-state index contributed by atoms with van der Waals surface area (Å²) >= 11 is 0. The predicted octanol–water partition coefficient (Wildman–Crippen LogP) is 2.39. The number of hydrogen-bond donors (Lipinski definition) is 1. The summed E-state index contributed by atoms with van der Waals surface area (Å²) in [5.74, 6) is 0.947. The van der Waals surface area contributed by atoms with Gasteiger partial charge in [-0.25, -0.2) is 0 Å². The van der Waals surface area contributed by atoms with Gasteiger partial charge in [0.05, 0.1) is 0 Å². The molecule has 0 aromatic carbocycles. The van der Waals surface area contributed by atoms with Gasteiger partial charge in [0.15, 0.2) is 0 Å². The SMILES string of the molecule is C1CCC(NCC2CCN(C3CC3)C2)CC1. The number of nitrogens with one attached hydrogen (secondary N) is 1. The molecule has 1 heterocycles. The lowest BCUT2D eigenvalue weighted by molar-refractivity contribution is 0.301. The minimum absolute atomic E-state index is 0.851. The molecule has 0 spiro atoms. The lowest BCUT2D eigenvalue weighted by Crippen LogP contribution is -2.35. The third kappa shape index (κ3) is 2.78. The van der Waals surface area contributed by atoms with Gasteiger partial charge in [0.1, 0.15) is 0 Å². The van der Waals surface area contributed by atoms with Crippen molar-refractivity contribution >= 4 is 0 Å². The largest absolute Gasteiger partial charge is 0.314 e.